The molecule has 0 spiro atoms. The molecule has 1 aliphatic rings. The van der Waals surface area contributed by atoms with Crippen molar-refractivity contribution in [1.29, 1.82) is 0 Å². The third-order valence-electron chi connectivity index (χ3n) is 7.38. The average molecular weight is 590 g/mol. The van der Waals surface area contributed by atoms with Gasteiger partial charge in [0.15, 0.2) is 23.0 Å². The maximum atomic E-state index is 14.4. The van der Waals surface area contributed by atoms with E-state index in [0.29, 0.717) is 58.4 Å². The van der Waals surface area contributed by atoms with Gasteiger partial charge in [-0.3, -0.25) is 14.5 Å². The van der Waals surface area contributed by atoms with Crippen LogP contribution in [0.4, 0.5) is 5.69 Å². The summed E-state index contributed by atoms with van der Waals surface area (Å²) >= 11 is 0. The van der Waals surface area contributed by atoms with Crippen molar-refractivity contribution >= 4 is 28.5 Å². The van der Waals surface area contributed by atoms with Crippen LogP contribution in [0.3, 0.4) is 0 Å². The number of para-hydroxylation sites is 2. The smallest absolute Gasteiger partial charge is 0.249 e. The number of nitrogens with one attached hydrogen (secondary N) is 1. The molecule has 1 aliphatic heterocycles. The number of aromatic nitrogens is 3. The van der Waals surface area contributed by atoms with Crippen LogP contribution in [0, 0.1) is 0 Å². The topological polar surface area (TPSA) is 126 Å². The highest BCUT2D eigenvalue weighted by Gasteiger charge is 2.37. The summed E-state index contributed by atoms with van der Waals surface area (Å²) in [6.07, 6.45) is 1.66. The van der Waals surface area contributed by atoms with Crippen LogP contribution in [-0.4, -0.2) is 74.5 Å². The predicted molar refractivity (Wildman–Crippen MR) is 159 cm³/mol. The molecule has 1 N–H and O–H groups in total. The lowest BCUT2D eigenvalue weighted by Crippen LogP contribution is -2.46. The molecule has 0 aliphatic carbocycles. The molecule has 0 bridgehead atoms. The number of amides is 2. The van der Waals surface area contributed by atoms with Crippen molar-refractivity contribution in [2.24, 2.45) is 0 Å². The van der Waals surface area contributed by atoms with Crippen molar-refractivity contribution < 1.29 is 33.3 Å². The third-order valence-corrected chi connectivity index (χ3v) is 7.38. The molecule has 2 atom stereocenters. The fraction of sp³-hybridized carbons (Fsp3) is 0.355. The molecule has 1 fully saturated rings. The minimum Gasteiger partial charge on any atom is -0.493 e. The van der Waals surface area contributed by atoms with Crippen LogP contribution >= 0.6 is 0 Å². The SMILES string of the molecule is COc1ccc(N(C(=O)Cn2nnc3ccccc32)C(C(=O)NCC2CCCO2)c2cccc(OC)c2OC)cc1OC. The summed E-state index contributed by atoms with van der Waals surface area (Å²) in [4.78, 5) is 30.1. The van der Waals surface area contributed by atoms with E-state index in [2.05, 4.69) is 15.6 Å². The zero-order valence-corrected chi connectivity index (χ0v) is 24.6. The second-order valence-corrected chi connectivity index (χ2v) is 9.90. The maximum Gasteiger partial charge on any atom is 0.249 e. The molecule has 2 amide bonds. The van der Waals surface area contributed by atoms with Gasteiger partial charge in [-0.2, -0.15) is 0 Å². The van der Waals surface area contributed by atoms with Crippen molar-refractivity contribution in [3.05, 3.63) is 66.2 Å². The summed E-state index contributed by atoms with van der Waals surface area (Å²) in [6, 6.07) is 16.4. The van der Waals surface area contributed by atoms with Crippen molar-refractivity contribution in [1.82, 2.24) is 20.3 Å². The number of carbonyl (C=O) groups excluding carboxylic acids is 2. The lowest BCUT2D eigenvalue weighted by atomic mass is 10.0. The van der Waals surface area contributed by atoms with Gasteiger partial charge < -0.3 is 29.0 Å². The minimum absolute atomic E-state index is 0.108. The molecule has 43 heavy (non-hydrogen) atoms. The van der Waals surface area contributed by atoms with E-state index < -0.39 is 17.9 Å². The number of anilines is 1. The van der Waals surface area contributed by atoms with Crippen molar-refractivity contribution in [3.8, 4) is 23.0 Å². The first-order chi connectivity index (χ1) is 21.0. The fourth-order valence-corrected chi connectivity index (χ4v) is 5.29. The molecule has 12 nitrogen and oxygen atoms in total. The Morgan fingerprint density at radius 3 is 2.49 bits per heavy atom. The Balaban J connectivity index is 1.64. The second kappa shape index (κ2) is 13.4. The monoisotopic (exact) mass is 589 g/mol. The highest BCUT2D eigenvalue weighted by atomic mass is 16.5. The number of nitrogens with zero attached hydrogens (tertiary/aromatic N) is 4. The van der Waals surface area contributed by atoms with E-state index in [9.17, 15) is 9.59 Å². The number of carbonyl (C=O) groups is 2. The molecular weight excluding hydrogens is 554 g/mol. The lowest BCUT2D eigenvalue weighted by Gasteiger charge is -2.33. The molecule has 2 heterocycles. The number of hydrogen-bond acceptors (Lipinski definition) is 9. The number of benzene rings is 3. The van der Waals surface area contributed by atoms with Gasteiger partial charge in [0.1, 0.15) is 18.1 Å². The maximum absolute atomic E-state index is 14.4. The first kappa shape index (κ1) is 29.6. The normalized spacial score (nSPS) is 15.1. The average Bonchev–Trinajstić information content (AvgIpc) is 3.72. The fourth-order valence-electron chi connectivity index (χ4n) is 5.29. The quantitative estimate of drug-likeness (QED) is 0.264. The number of rotatable bonds is 12. The molecular formula is C31H35N5O7. The number of fused-ring (bicyclic) bond motifs is 1. The standard InChI is InChI=1S/C31H35N5O7/c1-39-25-15-14-20(17-27(25)41-3)36(28(37)19-35-24-12-6-5-11-23(24)33-34-35)29(31(38)32-18-21-9-8-16-43-21)22-10-7-13-26(40-2)30(22)42-4/h5-7,10-15,17,21,29H,8-9,16,18-19H2,1-4H3,(H,32,38). The molecule has 1 aromatic heterocycles. The molecule has 226 valence electrons. The van der Waals surface area contributed by atoms with E-state index in [1.165, 1.54) is 38.0 Å². The largest absolute Gasteiger partial charge is 0.493 e. The Labute approximate surface area is 249 Å². The third kappa shape index (κ3) is 6.19. The predicted octanol–water partition coefficient (Wildman–Crippen LogP) is 3.54. The van der Waals surface area contributed by atoms with Gasteiger partial charge >= 0.3 is 0 Å². The zero-order chi connectivity index (χ0) is 30.3. The molecule has 12 heteroatoms. The summed E-state index contributed by atoms with van der Waals surface area (Å²) in [7, 11) is 6.04. The molecule has 0 saturated carbocycles. The molecule has 2 unspecified atom stereocenters. The first-order valence-electron chi connectivity index (χ1n) is 13.9. The van der Waals surface area contributed by atoms with Crippen LogP contribution < -0.4 is 29.2 Å². The number of hydrogen-bond donors (Lipinski definition) is 1. The van der Waals surface area contributed by atoms with Crippen LogP contribution in [0.5, 0.6) is 23.0 Å². The number of ether oxygens (including phenoxy) is 5. The van der Waals surface area contributed by atoms with E-state index in [1.807, 2.05) is 24.3 Å². The van der Waals surface area contributed by atoms with Crippen molar-refractivity contribution in [2.75, 3.05) is 46.5 Å². The summed E-state index contributed by atoms with van der Waals surface area (Å²) in [5, 5.41) is 11.4. The molecule has 4 aromatic rings. The Morgan fingerprint density at radius 1 is 0.977 bits per heavy atom. The van der Waals surface area contributed by atoms with Crippen molar-refractivity contribution in [2.45, 2.75) is 31.5 Å². The van der Waals surface area contributed by atoms with Gasteiger partial charge in [-0.25, -0.2) is 4.68 Å². The van der Waals surface area contributed by atoms with E-state index in [-0.39, 0.29) is 12.6 Å². The van der Waals surface area contributed by atoms with Gasteiger partial charge in [-0.1, -0.05) is 29.5 Å². The van der Waals surface area contributed by atoms with Crippen LogP contribution in [0.25, 0.3) is 11.0 Å². The highest BCUT2D eigenvalue weighted by molar-refractivity contribution is 6.02. The summed E-state index contributed by atoms with van der Waals surface area (Å²) in [5.41, 5.74) is 2.15. The molecule has 5 rings (SSSR count). The number of methoxy groups -OCH3 is 4. The highest BCUT2D eigenvalue weighted by Crippen LogP contribution is 2.41. The van der Waals surface area contributed by atoms with Crippen LogP contribution in [0.15, 0.2) is 60.7 Å². The Hall–Kier alpha value is -4.84. The second-order valence-electron chi connectivity index (χ2n) is 9.90. The summed E-state index contributed by atoms with van der Waals surface area (Å²) < 4.78 is 29.6. The van der Waals surface area contributed by atoms with Gasteiger partial charge in [0, 0.05) is 30.5 Å². The van der Waals surface area contributed by atoms with Crippen LogP contribution in [-0.2, 0) is 20.9 Å². The molecule has 0 radical (unpaired) electrons. The molecule has 3 aromatic carbocycles. The minimum atomic E-state index is -1.17. The van der Waals surface area contributed by atoms with Crippen LogP contribution in [0.2, 0.25) is 0 Å². The Bertz CT molecular complexity index is 1580. The van der Waals surface area contributed by atoms with Crippen molar-refractivity contribution in [3.63, 3.8) is 0 Å². The van der Waals surface area contributed by atoms with Gasteiger partial charge in [0.2, 0.25) is 11.8 Å². The van der Waals surface area contributed by atoms with E-state index in [1.54, 1.807) is 36.4 Å². The summed E-state index contributed by atoms with van der Waals surface area (Å²) in [5.74, 6) is 0.753. The Morgan fingerprint density at radius 2 is 1.77 bits per heavy atom. The van der Waals surface area contributed by atoms with Gasteiger partial charge in [-0.15, -0.1) is 5.10 Å². The molecule has 1 saturated heterocycles. The zero-order valence-electron chi connectivity index (χ0n) is 24.6. The van der Waals surface area contributed by atoms with E-state index in [4.69, 9.17) is 23.7 Å². The van der Waals surface area contributed by atoms with Gasteiger partial charge in [0.05, 0.1) is 40.1 Å². The Kier molecular flexibility index (Phi) is 9.26. The lowest BCUT2D eigenvalue weighted by molar-refractivity contribution is -0.127. The van der Waals surface area contributed by atoms with Gasteiger partial charge in [-0.05, 0) is 43.2 Å². The van der Waals surface area contributed by atoms with E-state index >= 15 is 0 Å². The van der Waals surface area contributed by atoms with Crippen LogP contribution in [0.1, 0.15) is 24.4 Å². The first-order valence-corrected chi connectivity index (χ1v) is 13.9. The summed E-state index contributed by atoms with van der Waals surface area (Å²) in [6.45, 7) is 0.746. The van der Waals surface area contributed by atoms with Gasteiger partial charge in [0.25, 0.3) is 0 Å². The van der Waals surface area contributed by atoms with E-state index in [0.717, 1.165) is 12.8 Å².